The lowest BCUT2D eigenvalue weighted by Crippen LogP contribution is -2.39. The Balaban J connectivity index is 1.63. The highest BCUT2D eigenvalue weighted by Gasteiger charge is 2.41. The summed E-state index contributed by atoms with van der Waals surface area (Å²) in [5.41, 5.74) is 12.4. The molecule has 1 atom stereocenters. The highest BCUT2D eigenvalue weighted by molar-refractivity contribution is 6.35. The van der Waals surface area contributed by atoms with Gasteiger partial charge in [-0.3, -0.25) is 9.69 Å². The number of nitrogens with two attached hydrogens (primary N) is 1. The summed E-state index contributed by atoms with van der Waals surface area (Å²) < 4.78 is 19.4. The van der Waals surface area contributed by atoms with Crippen LogP contribution in [0.25, 0.3) is 0 Å². The van der Waals surface area contributed by atoms with Crippen LogP contribution in [-0.2, 0) is 11.4 Å². The Kier molecular flexibility index (Phi) is 7.83. The summed E-state index contributed by atoms with van der Waals surface area (Å²) in [6.07, 6.45) is 1.64. The fourth-order valence-corrected chi connectivity index (χ4v) is 6.23. The molecule has 9 heteroatoms. The first-order chi connectivity index (χ1) is 19.1. The molecular weight excluding hydrogens is 572 g/mol. The fraction of sp³-hybridized carbons (Fsp3) is 0.226. The summed E-state index contributed by atoms with van der Waals surface area (Å²) in [5, 5.41) is 11.4. The van der Waals surface area contributed by atoms with Crippen molar-refractivity contribution in [3.63, 3.8) is 0 Å². The van der Waals surface area contributed by atoms with E-state index in [0.29, 0.717) is 46.3 Å². The summed E-state index contributed by atoms with van der Waals surface area (Å²) in [6, 6.07) is 15.3. The molecule has 0 amide bonds. The number of allylic oxidation sites excluding steroid dienone is 3. The summed E-state index contributed by atoms with van der Waals surface area (Å²) in [4.78, 5) is 15.3. The Morgan fingerprint density at radius 2 is 1.77 bits per heavy atom. The van der Waals surface area contributed by atoms with E-state index < -0.39 is 11.7 Å². The Morgan fingerprint density at radius 1 is 1.05 bits per heavy atom. The van der Waals surface area contributed by atoms with Gasteiger partial charge in [-0.2, -0.15) is 5.26 Å². The minimum Gasteiger partial charge on any atom is -0.487 e. The van der Waals surface area contributed by atoms with Crippen molar-refractivity contribution in [2.24, 2.45) is 5.73 Å². The number of rotatable bonds is 5. The third-order valence-corrected chi connectivity index (χ3v) is 8.06. The molecule has 0 saturated carbocycles. The van der Waals surface area contributed by atoms with Crippen LogP contribution in [0, 0.1) is 31.0 Å². The average Bonchev–Trinajstić information content (AvgIpc) is 2.88. The SMILES string of the molecule is Cc1cc(C)c(C2C(C#N)=C(N)N(c3cc(Cl)cc(Cl)c3)C3=C2C(=O)CCC3)cc1COc1ccc(F)cc1Cl. The third kappa shape index (κ3) is 5.17. The van der Waals surface area contributed by atoms with Crippen molar-refractivity contribution in [3.8, 4) is 11.8 Å². The van der Waals surface area contributed by atoms with E-state index in [1.54, 1.807) is 23.1 Å². The predicted octanol–water partition coefficient (Wildman–Crippen LogP) is 8.29. The van der Waals surface area contributed by atoms with Crippen molar-refractivity contribution in [3.05, 3.63) is 114 Å². The number of aryl methyl sites for hydroxylation is 2. The standard InChI is InChI=1S/C31H25Cl3FN3O2/c1-16-8-17(2)23(9-18(16)15-40-28-7-6-21(35)13-25(28)34)29-24(14-36)31(37)38(22-11-19(32)10-20(33)12-22)26-4-3-5-27(39)30(26)29/h6-13,29H,3-5,15,37H2,1-2H3. The third-order valence-electron chi connectivity index (χ3n) is 7.33. The maximum Gasteiger partial charge on any atom is 0.161 e. The van der Waals surface area contributed by atoms with Crippen LogP contribution in [0.1, 0.15) is 47.4 Å². The molecule has 0 saturated heterocycles. The Bertz CT molecular complexity index is 1640. The highest BCUT2D eigenvalue weighted by Crippen LogP contribution is 2.48. The number of halogens is 4. The van der Waals surface area contributed by atoms with E-state index >= 15 is 0 Å². The number of benzene rings is 3. The molecule has 2 aliphatic rings. The van der Waals surface area contributed by atoms with E-state index in [1.807, 2.05) is 26.0 Å². The van der Waals surface area contributed by atoms with Crippen LogP contribution in [0.5, 0.6) is 5.75 Å². The number of nitrogens with zero attached hydrogens (tertiary/aromatic N) is 2. The number of Topliss-reactive ketones (excluding diaryl/α,β-unsaturated/α-hetero) is 1. The van der Waals surface area contributed by atoms with Gasteiger partial charge in [0.25, 0.3) is 0 Å². The van der Waals surface area contributed by atoms with Gasteiger partial charge in [-0.15, -0.1) is 0 Å². The quantitative estimate of drug-likeness (QED) is 0.321. The van der Waals surface area contributed by atoms with Crippen molar-refractivity contribution < 1.29 is 13.9 Å². The van der Waals surface area contributed by atoms with Crippen molar-refractivity contribution in [2.45, 2.75) is 45.6 Å². The van der Waals surface area contributed by atoms with Crippen LogP contribution in [0.4, 0.5) is 10.1 Å². The maximum absolute atomic E-state index is 13.6. The molecule has 1 aliphatic carbocycles. The number of anilines is 1. The molecule has 5 rings (SSSR count). The molecule has 1 unspecified atom stereocenters. The van der Waals surface area contributed by atoms with Gasteiger partial charge in [0.2, 0.25) is 0 Å². The van der Waals surface area contributed by atoms with Gasteiger partial charge in [0.1, 0.15) is 24.0 Å². The molecular formula is C31H25Cl3FN3O2. The van der Waals surface area contributed by atoms with Crippen LogP contribution in [0.15, 0.2) is 71.2 Å². The van der Waals surface area contributed by atoms with E-state index in [2.05, 4.69) is 6.07 Å². The molecule has 3 aromatic rings. The Hall–Kier alpha value is -3.50. The van der Waals surface area contributed by atoms with E-state index in [-0.39, 0.29) is 28.8 Å². The normalized spacial score (nSPS) is 17.2. The number of hydrogen-bond acceptors (Lipinski definition) is 5. The zero-order chi connectivity index (χ0) is 28.7. The van der Waals surface area contributed by atoms with Crippen molar-refractivity contribution in [1.29, 1.82) is 5.26 Å². The minimum atomic E-state index is -0.646. The lowest BCUT2D eigenvalue weighted by atomic mass is 9.74. The molecule has 1 heterocycles. The predicted molar refractivity (Wildman–Crippen MR) is 156 cm³/mol. The number of carbonyl (C=O) groups excluding carboxylic acids is 1. The number of ether oxygens (including phenoxy) is 1. The van der Waals surface area contributed by atoms with E-state index in [9.17, 15) is 14.4 Å². The fourth-order valence-electron chi connectivity index (χ4n) is 5.49. The topological polar surface area (TPSA) is 79.4 Å². The largest absolute Gasteiger partial charge is 0.487 e. The van der Waals surface area contributed by atoms with Crippen LogP contribution < -0.4 is 15.4 Å². The Labute approximate surface area is 247 Å². The van der Waals surface area contributed by atoms with Gasteiger partial charge in [-0.1, -0.05) is 46.9 Å². The molecule has 0 bridgehead atoms. The van der Waals surface area contributed by atoms with Gasteiger partial charge in [0.05, 0.1) is 28.3 Å². The second-order valence-electron chi connectivity index (χ2n) is 9.94. The van der Waals surface area contributed by atoms with Crippen molar-refractivity contribution >= 4 is 46.3 Å². The van der Waals surface area contributed by atoms with Gasteiger partial charge in [-0.25, -0.2) is 4.39 Å². The molecule has 0 radical (unpaired) electrons. The second kappa shape index (κ2) is 11.2. The highest BCUT2D eigenvalue weighted by atomic mass is 35.5. The number of hydrogen-bond donors (Lipinski definition) is 1. The van der Waals surface area contributed by atoms with Gasteiger partial charge >= 0.3 is 0 Å². The van der Waals surface area contributed by atoms with Gasteiger partial charge in [0.15, 0.2) is 5.78 Å². The zero-order valence-electron chi connectivity index (χ0n) is 21.8. The lowest BCUT2D eigenvalue weighted by molar-refractivity contribution is -0.116. The summed E-state index contributed by atoms with van der Waals surface area (Å²) in [5.74, 6) is -0.539. The smallest absolute Gasteiger partial charge is 0.161 e. The first-order valence-electron chi connectivity index (χ1n) is 12.7. The van der Waals surface area contributed by atoms with Crippen LogP contribution in [-0.4, -0.2) is 5.78 Å². The number of carbonyl (C=O) groups is 1. The van der Waals surface area contributed by atoms with Gasteiger partial charge < -0.3 is 10.5 Å². The van der Waals surface area contributed by atoms with E-state index in [0.717, 1.165) is 28.0 Å². The molecule has 3 aromatic carbocycles. The molecule has 0 spiro atoms. The van der Waals surface area contributed by atoms with Crippen molar-refractivity contribution in [2.75, 3.05) is 4.90 Å². The molecule has 0 aromatic heterocycles. The molecule has 1 aliphatic heterocycles. The second-order valence-corrected chi connectivity index (χ2v) is 11.2. The Morgan fingerprint density at radius 3 is 2.45 bits per heavy atom. The van der Waals surface area contributed by atoms with Crippen LogP contribution in [0.2, 0.25) is 15.1 Å². The maximum atomic E-state index is 13.6. The lowest BCUT2D eigenvalue weighted by Gasteiger charge is -2.40. The van der Waals surface area contributed by atoms with E-state index in [1.165, 1.54) is 18.2 Å². The minimum absolute atomic E-state index is 0.0273. The van der Waals surface area contributed by atoms with Crippen LogP contribution in [0.3, 0.4) is 0 Å². The van der Waals surface area contributed by atoms with Crippen LogP contribution >= 0.6 is 34.8 Å². The molecule has 5 nitrogen and oxygen atoms in total. The molecule has 204 valence electrons. The van der Waals surface area contributed by atoms with Crippen molar-refractivity contribution in [1.82, 2.24) is 0 Å². The molecule has 40 heavy (non-hydrogen) atoms. The number of nitriles is 1. The summed E-state index contributed by atoms with van der Waals surface area (Å²) in [6.45, 7) is 4.07. The summed E-state index contributed by atoms with van der Waals surface area (Å²) >= 11 is 18.8. The van der Waals surface area contributed by atoms with Gasteiger partial charge in [-0.05, 0) is 85.3 Å². The first-order valence-corrected chi connectivity index (χ1v) is 13.8. The monoisotopic (exact) mass is 595 g/mol. The van der Waals surface area contributed by atoms with Gasteiger partial charge in [0, 0.05) is 27.7 Å². The molecule has 0 fully saturated rings. The number of ketones is 1. The average molecular weight is 597 g/mol. The van der Waals surface area contributed by atoms with E-state index in [4.69, 9.17) is 45.3 Å². The zero-order valence-corrected chi connectivity index (χ0v) is 24.1. The summed E-state index contributed by atoms with van der Waals surface area (Å²) in [7, 11) is 0. The molecule has 2 N–H and O–H groups in total. The first kappa shape index (κ1) is 28.0.